The summed E-state index contributed by atoms with van der Waals surface area (Å²) in [5, 5.41) is 10.0. The van der Waals surface area contributed by atoms with Crippen molar-refractivity contribution in [1.29, 1.82) is 0 Å². The minimum absolute atomic E-state index is 0.218. The van der Waals surface area contributed by atoms with Crippen LogP contribution in [0.2, 0.25) is 0 Å². The Morgan fingerprint density at radius 3 is 2.24 bits per heavy atom. The third kappa shape index (κ3) is 6.79. The number of phenolic OH excluding ortho intramolecular Hbond substituents is 1. The van der Waals surface area contributed by atoms with Crippen LogP contribution in [0.15, 0.2) is 48.5 Å². The first-order valence-electron chi connectivity index (χ1n) is 9.44. The number of nitrogens with zero attached hydrogens (tertiary/aromatic N) is 1. The molecule has 3 heteroatoms. The lowest BCUT2D eigenvalue weighted by molar-refractivity contribution is 0.277. The molecule has 0 saturated heterocycles. The molecule has 136 valence electrons. The van der Waals surface area contributed by atoms with Crippen LogP contribution in [-0.2, 0) is 12.8 Å². The highest BCUT2D eigenvalue weighted by Crippen LogP contribution is 2.27. The molecule has 0 unspecified atom stereocenters. The van der Waals surface area contributed by atoms with E-state index in [2.05, 4.69) is 30.9 Å². The van der Waals surface area contributed by atoms with Gasteiger partial charge >= 0.3 is 0 Å². The third-order valence-corrected chi connectivity index (χ3v) is 4.31. The van der Waals surface area contributed by atoms with E-state index in [0.717, 1.165) is 32.5 Å². The SMILES string of the molecule is CCCN(CCC)CCc1ccc(O)c(OCCc2ccccc2)c1. The zero-order chi connectivity index (χ0) is 17.9. The minimum atomic E-state index is 0.218. The second-order valence-corrected chi connectivity index (χ2v) is 6.48. The average Bonchev–Trinajstić information content (AvgIpc) is 2.63. The topological polar surface area (TPSA) is 32.7 Å². The van der Waals surface area contributed by atoms with E-state index in [9.17, 15) is 5.11 Å². The molecule has 1 N–H and O–H groups in total. The number of hydrogen-bond acceptors (Lipinski definition) is 3. The van der Waals surface area contributed by atoms with E-state index in [1.165, 1.54) is 24.0 Å². The molecule has 0 radical (unpaired) electrons. The van der Waals surface area contributed by atoms with Gasteiger partial charge in [-0.3, -0.25) is 0 Å². The lowest BCUT2D eigenvalue weighted by atomic mass is 10.1. The summed E-state index contributed by atoms with van der Waals surface area (Å²) in [4.78, 5) is 2.50. The van der Waals surface area contributed by atoms with Gasteiger partial charge in [-0.1, -0.05) is 50.2 Å². The molecule has 3 nitrogen and oxygen atoms in total. The number of phenols is 1. The van der Waals surface area contributed by atoms with E-state index in [1.54, 1.807) is 6.07 Å². The maximum Gasteiger partial charge on any atom is 0.161 e. The van der Waals surface area contributed by atoms with Crippen LogP contribution in [0.3, 0.4) is 0 Å². The van der Waals surface area contributed by atoms with Crippen molar-refractivity contribution < 1.29 is 9.84 Å². The Bertz CT molecular complexity index is 607. The molecular formula is C22H31NO2. The van der Waals surface area contributed by atoms with E-state index in [0.29, 0.717) is 12.4 Å². The highest BCUT2D eigenvalue weighted by atomic mass is 16.5. The van der Waals surface area contributed by atoms with Crippen LogP contribution in [0.4, 0.5) is 0 Å². The van der Waals surface area contributed by atoms with Crippen LogP contribution >= 0.6 is 0 Å². The summed E-state index contributed by atoms with van der Waals surface area (Å²) in [5.41, 5.74) is 2.46. The average molecular weight is 341 g/mol. The summed E-state index contributed by atoms with van der Waals surface area (Å²) < 4.78 is 5.82. The number of aromatic hydroxyl groups is 1. The van der Waals surface area contributed by atoms with Crippen molar-refractivity contribution in [1.82, 2.24) is 4.90 Å². The predicted molar refractivity (Wildman–Crippen MR) is 104 cm³/mol. The Kier molecular flexibility index (Phi) is 8.33. The number of hydrogen-bond donors (Lipinski definition) is 1. The molecule has 0 spiro atoms. The molecule has 25 heavy (non-hydrogen) atoms. The summed E-state index contributed by atoms with van der Waals surface area (Å²) in [6.07, 6.45) is 4.19. The van der Waals surface area contributed by atoms with Crippen molar-refractivity contribution in [3.8, 4) is 11.5 Å². The van der Waals surface area contributed by atoms with E-state index >= 15 is 0 Å². The Balaban J connectivity index is 1.88. The summed E-state index contributed by atoms with van der Waals surface area (Å²) >= 11 is 0. The van der Waals surface area contributed by atoms with Crippen LogP contribution in [0.1, 0.15) is 37.8 Å². The molecule has 0 atom stereocenters. The van der Waals surface area contributed by atoms with Gasteiger partial charge in [0.05, 0.1) is 6.61 Å². The number of benzene rings is 2. The maximum absolute atomic E-state index is 10.0. The Morgan fingerprint density at radius 1 is 0.840 bits per heavy atom. The van der Waals surface area contributed by atoms with Gasteiger partial charge in [-0.25, -0.2) is 0 Å². The second-order valence-electron chi connectivity index (χ2n) is 6.48. The van der Waals surface area contributed by atoms with E-state index in [1.807, 2.05) is 30.3 Å². The largest absolute Gasteiger partial charge is 0.504 e. The molecule has 2 aromatic rings. The molecule has 0 aliphatic heterocycles. The van der Waals surface area contributed by atoms with Gasteiger partial charge in [0.25, 0.3) is 0 Å². The third-order valence-electron chi connectivity index (χ3n) is 4.31. The molecule has 0 bridgehead atoms. The fourth-order valence-electron chi connectivity index (χ4n) is 3.01. The van der Waals surface area contributed by atoms with Crippen molar-refractivity contribution in [2.75, 3.05) is 26.2 Å². The molecular weight excluding hydrogens is 310 g/mol. The Hall–Kier alpha value is -2.00. The highest BCUT2D eigenvalue weighted by Gasteiger charge is 2.07. The molecule has 0 amide bonds. The van der Waals surface area contributed by atoms with Crippen LogP contribution < -0.4 is 4.74 Å². The Morgan fingerprint density at radius 2 is 1.56 bits per heavy atom. The smallest absolute Gasteiger partial charge is 0.161 e. The quantitative estimate of drug-likeness (QED) is 0.644. The van der Waals surface area contributed by atoms with Crippen LogP contribution in [0, 0.1) is 0 Å². The maximum atomic E-state index is 10.0. The summed E-state index contributed by atoms with van der Waals surface area (Å²) in [7, 11) is 0. The fraction of sp³-hybridized carbons (Fsp3) is 0.455. The molecule has 0 aliphatic carbocycles. The first-order valence-corrected chi connectivity index (χ1v) is 9.44. The summed E-state index contributed by atoms with van der Waals surface area (Å²) in [6.45, 7) is 8.36. The predicted octanol–water partition coefficient (Wildman–Crippen LogP) is 4.68. The minimum Gasteiger partial charge on any atom is -0.504 e. The number of rotatable bonds is 11. The van der Waals surface area contributed by atoms with E-state index in [4.69, 9.17) is 4.74 Å². The molecule has 2 rings (SSSR count). The Labute approximate surface area is 152 Å². The summed E-state index contributed by atoms with van der Waals surface area (Å²) in [5.74, 6) is 0.807. The first-order chi connectivity index (χ1) is 12.2. The van der Waals surface area contributed by atoms with Gasteiger partial charge in [-0.05, 0) is 55.6 Å². The van der Waals surface area contributed by atoms with Gasteiger partial charge in [-0.2, -0.15) is 0 Å². The zero-order valence-electron chi connectivity index (χ0n) is 15.6. The van der Waals surface area contributed by atoms with Crippen LogP contribution in [0.25, 0.3) is 0 Å². The van der Waals surface area contributed by atoms with Crippen molar-refractivity contribution in [3.05, 3.63) is 59.7 Å². The zero-order valence-corrected chi connectivity index (χ0v) is 15.6. The molecule has 0 aliphatic rings. The molecule has 0 heterocycles. The number of ether oxygens (including phenoxy) is 1. The van der Waals surface area contributed by atoms with Crippen LogP contribution in [-0.4, -0.2) is 36.2 Å². The van der Waals surface area contributed by atoms with Crippen LogP contribution in [0.5, 0.6) is 11.5 Å². The fourth-order valence-corrected chi connectivity index (χ4v) is 3.01. The van der Waals surface area contributed by atoms with E-state index in [-0.39, 0.29) is 5.75 Å². The monoisotopic (exact) mass is 341 g/mol. The standard InChI is InChI=1S/C22H31NO2/c1-3-14-23(15-4-2)16-12-20-10-11-21(24)22(18-20)25-17-13-19-8-6-5-7-9-19/h5-11,18,24H,3-4,12-17H2,1-2H3. The summed E-state index contributed by atoms with van der Waals surface area (Å²) in [6, 6.07) is 16.0. The highest BCUT2D eigenvalue weighted by molar-refractivity contribution is 5.42. The van der Waals surface area contributed by atoms with Gasteiger partial charge in [0, 0.05) is 13.0 Å². The molecule has 2 aromatic carbocycles. The van der Waals surface area contributed by atoms with Gasteiger partial charge in [0.15, 0.2) is 11.5 Å². The van der Waals surface area contributed by atoms with Crippen molar-refractivity contribution in [2.45, 2.75) is 39.5 Å². The normalized spacial score (nSPS) is 11.0. The second kappa shape index (κ2) is 10.8. The first kappa shape index (κ1) is 19.3. The van der Waals surface area contributed by atoms with Crippen molar-refractivity contribution in [2.24, 2.45) is 0 Å². The molecule has 0 aromatic heterocycles. The van der Waals surface area contributed by atoms with Gasteiger partial charge < -0.3 is 14.7 Å². The van der Waals surface area contributed by atoms with E-state index < -0.39 is 0 Å². The molecule has 0 fully saturated rings. The van der Waals surface area contributed by atoms with Gasteiger partial charge in [0.1, 0.15) is 0 Å². The van der Waals surface area contributed by atoms with Crippen molar-refractivity contribution >= 4 is 0 Å². The lowest BCUT2D eigenvalue weighted by Crippen LogP contribution is -2.27. The van der Waals surface area contributed by atoms with Crippen molar-refractivity contribution in [3.63, 3.8) is 0 Å². The lowest BCUT2D eigenvalue weighted by Gasteiger charge is -2.21. The van der Waals surface area contributed by atoms with Gasteiger partial charge in [0.2, 0.25) is 0 Å². The van der Waals surface area contributed by atoms with Gasteiger partial charge in [-0.15, -0.1) is 0 Å². The molecule has 0 saturated carbocycles.